The summed E-state index contributed by atoms with van der Waals surface area (Å²) < 4.78 is 37.0. The molecule has 0 spiro atoms. The number of aliphatic carboxylic acids is 1. The lowest BCUT2D eigenvalue weighted by atomic mass is 9.99. The van der Waals surface area contributed by atoms with Crippen molar-refractivity contribution in [1.29, 1.82) is 0 Å². The first-order chi connectivity index (χ1) is 10.7. The van der Waals surface area contributed by atoms with Gasteiger partial charge in [0.1, 0.15) is 16.4 Å². The van der Waals surface area contributed by atoms with Crippen molar-refractivity contribution in [3.63, 3.8) is 0 Å². The molecule has 0 radical (unpaired) electrons. The summed E-state index contributed by atoms with van der Waals surface area (Å²) in [6.45, 7) is 1.77. The second-order valence-corrected chi connectivity index (χ2v) is 7.70. The minimum absolute atomic E-state index is 0.0777. The molecule has 0 unspecified atom stereocenters. The minimum Gasteiger partial charge on any atom is -0.495 e. The van der Waals surface area contributed by atoms with Crippen LogP contribution in [0.15, 0.2) is 17.0 Å². The summed E-state index contributed by atoms with van der Waals surface area (Å²) in [6, 6.07) is 2.65. The van der Waals surface area contributed by atoms with E-state index in [4.69, 9.17) is 26.2 Å². The second-order valence-electron chi connectivity index (χ2n) is 5.38. The van der Waals surface area contributed by atoms with Gasteiger partial charge in [-0.05, 0) is 12.0 Å². The number of carboxylic acid groups (broad SMARTS) is 1. The molecule has 1 aromatic rings. The molecule has 1 aliphatic heterocycles. The zero-order valence-electron chi connectivity index (χ0n) is 12.9. The number of sulfonamides is 1. The zero-order chi connectivity index (χ0) is 17.4. The molecule has 23 heavy (non-hydrogen) atoms. The number of nitrogens with zero attached hydrogens (tertiary/aromatic N) is 1. The van der Waals surface area contributed by atoms with Crippen LogP contribution >= 0.6 is 11.6 Å². The summed E-state index contributed by atoms with van der Waals surface area (Å²) in [6.07, 6.45) is 0. The second kappa shape index (κ2) is 6.54. The van der Waals surface area contributed by atoms with Crippen molar-refractivity contribution in [1.82, 2.24) is 4.31 Å². The van der Waals surface area contributed by atoms with Crippen molar-refractivity contribution in [3.05, 3.63) is 17.2 Å². The molecular formula is C14H18ClNO6S. The highest BCUT2D eigenvalue weighted by Gasteiger charge is 2.41. The van der Waals surface area contributed by atoms with E-state index in [1.54, 1.807) is 6.92 Å². The largest absolute Gasteiger partial charge is 0.495 e. The summed E-state index contributed by atoms with van der Waals surface area (Å²) in [7, 11) is -1.17. The lowest BCUT2D eigenvalue weighted by molar-refractivity contribution is -0.142. The third kappa shape index (κ3) is 3.24. The molecule has 0 amide bonds. The molecule has 2 atom stereocenters. The van der Waals surface area contributed by atoms with E-state index >= 15 is 0 Å². The quantitative estimate of drug-likeness (QED) is 0.855. The SMILES string of the molecule is COc1cc(OC)c(S(=O)(=O)N2C[C@@H](C)[C@H](C(=O)O)C2)cc1Cl. The first-order valence-corrected chi connectivity index (χ1v) is 8.68. The van der Waals surface area contributed by atoms with E-state index in [1.807, 2.05) is 0 Å². The number of methoxy groups -OCH3 is 2. The van der Waals surface area contributed by atoms with Crippen LogP contribution in [0.4, 0.5) is 0 Å². The van der Waals surface area contributed by atoms with Gasteiger partial charge in [-0.2, -0.15) is 4.31 Å². The smallest absolute Gasteiger partial charge is 0.308 e. The summed E-state index contributed by atoms with van der Waals surface area (Å²) >= 11 is 6.02. The van der Waals surface area contributed by atoms with Crippen molar-refractivity contribution in [2.24, 2.45) is 11.8 Å². The Morgan fingerprint density at radius 1 is 1.26 bits per heavy atom. The van der Waals surface area contributed by atoms with Crippen molar-refractivity contribution in [3.8, 4) is 11.5 Å². The van der Waals surface area contributed by atoms with Gasteiger partial charge in [-0.1, -0.05) is 18.5 Å². The van der Waals surface area contributed by atoms with Gasteiger partial charge in [0.2, 0.25) is 10.0 Å². The molecule has 9 heteroatoms. The molecule has 1 fully saturated rings. The molecule has 1 heterocycles. The van der Waals surface area contributed by atoms with Gasteiger partial charge in [0.15, 0.2) is 0 Å². The van der Waals surface area contributed by atoms with E-state index in [-0.39, 0.29) is 34.7 Å². The van der Waals surface area contributed by atoms with Crippen molar-refractivity contribution in [2.75, 3.05) is 27.3 Å². The number of hydrogen-bond acceptors (Lipinski definition) is 5. The first-order valence-electron chi connectivity index (χ1n) is 6.86. The Labute approximate surface area is 139 Å². The van der Waals surface area contributed by atoms with E-state index < -0.39 is 21.9 Å². The van der Waals surface area contributed by atoms with Crippen LogP contribution in [-0.4, -0.2) is 51.1 Å². The fourth-order valence-corrected chi connectivity index (χ4v) is 4.65. The molecule has 7 nitrogen and oxygen atoms in total. The van der Waals surface area contributed by atoms with E-state index in [2.05, 4.69) is 0 Å². The monoisotopic (exact) mass is 363 g/mol. The molecule has 0 aromatic heterocycles. The summed E-state index contributed by atoms with van der Waals surface area (Å²) in [4.78, 5) is 11.1. The van der Waals surface area contributed by atoms with Crippen LogP contribution < -0.4 is 9.47 Å². The average molecular weight is 364 g/mol. The Morgan fingerprint density at radius 2 is 1.87 bits per heavy atom. The molecule has 0 aliphatic carbocycles. The number of carbonyl (C=O) groups is 1. The van der Waals surface area contributed by atoms with Crippen LogP contribution in [0, 0.1) is 11.8 Å². The van der Waals surface area contributed by atoms with E-state index in [9.17, 15) is 13.2 Å². The van der Waals surface area contributed by atoms with Gasteiger partial charge in [-0.15, -0.1) is 0 Å². The van der Waals surface area contributed by atoms with Gasteiger partial charge in [0, 0.05) is 19.2 Å². The normalized spacial score (nSPS) is 22.1. The molecule has 128 valence electrons. The number of benzene rings is 1. The highest BCUT2D eigenvalue weighted by Crippen LogP contribution is 2.38. The van der Waals surface area contributed by atoms with Gasteiger partial charge in [-0.25, -0.2) is 8.42 Å². The maximum Gasteiger partial charge on any atom is 0.308 e. The summed E-state index contributed by atoms with van der Waals surface area (Å²) in [5.41, 5.74) is 0. The molecule has 0 saturated carbocycles. The Hall–Kier alpha value is -1.51. The lowest BCUT2D eigenvalue weighted by Crippen LogP contribution is -2.30. The predicted molar refractivity (Wildman–Crippen MR) is 83.6 cm³/mol. The minimum atomic E-state index is -3.92. The molecule has 0 bridgehead atoms. The highest BCUT2D eigenvalue weighted by molar-refractivity contribution is 7.89. The van der Waals surface area contributed by atoms with Crippen molar-refractivity contribution < 1.29 is 27.8 Å². The van der Waals surface area contributed by atoms with Gasteiger partial charge in [-0.3, -0.25) is 4.79 Å². The Morgan fingerprint density at radius 3 is 2.35 bits per heavy atom. The molecule has 1 aliphatic rings. The number of halogens is 1. The summed E-state index contributed by atoms with van der Waals surface area (Å²) in [5.74, 6) is -1.63. The standard InChI is InChI=1S/C14H18ClNO6S/c1-8-6-16(7-9(8)14(17)18)23(19,20)13-4-10(15)11(21-2)5-12(13)22-3/h4-5,8-9H,6-7H2,1-3H3,(H,17,18)/t8-,9-/m1/s1. The lowest BCUT2D eigenvalue weighted by Gasteiger charge is -2.19. The molecule has 1 aromatic carbocycles. The highest BCUT2D eigenvalue weighted by atomic mass is 35.5. The molecule has 2 rings (SSSR count). The maximum atomic E-state index is 12.8. The van der Waals surface area contributed by atoms with Crippen LogP contribution in [0.2, 0.25) is 5.02 Å². The number of rotatable bonds is 5. The number of ether oxygens (including phenoxy) is 2. The zero-order valence-corrected chi connectivity index (χ0v) is 14.5. The number of hydrogen-bond donors (Lipinski definition) is 1. The third-order valence-electron chi connectivity index (χ3n) is 3.95. The van der Waals surface area contributed by atoms with Gasteiger partial charge >= 0.3 is 5.97 Å². The Balaban J connectivity index is 2.45. The molecular weight excluding hydrogens is 346 g/mol. The van der Waals surface area contributed by atoms with Crippen LogP contribution in [0.5, 0.6) is 11.5 Å². The topological polar surface area (TPSA) is 93.1 Å². The molecule has 1 N–H and O–H groups in total. The Kier molecular flexibility index (Phi) is 5.07. The maximum absolute atomic E-state index is 12.8. The van der Waals surface area contributed by atoms with E-state index in [0.29, 0.717) is 5.75 Å². The predicted octanol–water partition coefficient (Wildman–Crippen LogP) is 1.70. The first kappa shape index (κ1) is 17.8. The van der Waals surface area contributed by atoms with E-state index in [1.165, 1.54) is 26.4 Å². The van der Waals surface area contributed by atoms with Crippen molar-refractivity contribution >= 4 is 27.6 Å². The van der Waals surface area contributed by atoms with Gasteiger partial charge in [0.05, 0.1) is 25.2 Å². The molecule has 1 saturated heterocycles. The van der Waals surface area contributed by atoms with Crippen LogP contribution in [0.25, 0.3) is 0 Å². The van der Waals surface area contributed by atoms with E-state index in [0.717, 1.165) is 4.31 Å². The Bertz CT molecular complexity index is 720. The average Bonchev–Trinajstić information content (AvgIpc) is 2.89. The van der Waals surface area contributed by atoms with Crippen LogP contribution in [-0.2, 0) is 14.8 Å². The fraction of sp³-hybridized carbons (Fsp3) is 0.500. The van der Waals surface area contributed by atoms with Crippen LogP contribution in [0.1, 0.15) is 6.92 Å². The van der Waals surface area contributed by atoms with Gasteiger partial charge < -0.3 is 14.6 Å². The van der Waals surface area contributed by atoms with Crippen molar-refractivity contribution in [2.45, 2.75) is 11.8 Å². The van der Waals surface area contributed by atoms with Gasteiger partial charge in [0.25, 0.3) is 0 Å². The van der Waals surface area contributed by atoms with Crippen LogP contribution in [0.3, 0.4) is 0 Å². The number of carboxylic acids is 1. The summed E-state index contributed by atoms with van der Waals surface area (Å²) in [5, 5.41) is 9.30. The third-order valence-corrected chi connectivity index (χ3v) is 6.10. The fourth-order valence-electron chi connectivity index (χ4n) is 2.61.